The van der Waals surface area contributed by atoms with Gasteiger partial charge in [0.1, 0.15) is 5.75 Å². The molecule has 2 aromatic rings. The molecule has 1 fully saturated rings. The van der Waals surface area contributed by atoms with Gasteiger partial charge in [0.2, 0.25) is 0 Å². The van der Waals surface area contributed by atoms with Crippen molar-refractivity contribution in [1.29, 1.82) is 0 Å². The van der Waals surface area contributed by atoms with Gasteiger partial charge in [0.05, 0.1) is 6.61 Å². The Morgan fingerprint density at radius 1 is 1.07 bits per heavy atom. The summed E-state index contributed by atoms with van der Waals surface area (Å²) < 4.78 is 5.40. The summed E-state index contributed by atoms with van der Waals surface area (Å²) in [5.41, 5.74) is 2.43. The predicted molar refractivity (Wildman–Crippen MR) is 105 cm³/mol. The molecule has 2 aromatic carbocycles. The molecule has 142 valence electrons. The Balaban J connectivity index is 1.51. The highest BCUT2D eigenvalue weighted by atomic mass is 16.5. The summed E-state index contributed by atoms with van der Waals surface area (Å²) in [6, 6.07) is 14.9. The Morgan fingerprint density at radius 2 is 1.78 bits per heavy atom. The molecule has 1 aliphatic heterocycles. The first kappa shape index (κ1) is 19.0. The zero-order chi connectivity index (χ0) is 19.2. The van der Waals surface area contributed by atoms with E-state index in [9.17, 15) is 9.59 Å². The molecule has 2 amide bonds. The molecule has 1 N–H and O–H groups in total. The van der Waals surface area contributed by atoms with E-state index >= 15 is 0 Å². The normalized spacial score (nSPS) is 14.7. The van der Waals surface area contributed by atoms with Gasteiger partial charge in [-0.3, -0.25) is 9.59 Å². The molecule has 0 aromatic heterocycles. The lowest BCUT2D eigenvalue weighted by atomic mass is 10.0. The fourth-order valence-electron chi connectivity index (χ4n) is 3.33. The van der Waals surface area contributed by atoms with Crippen molar-refractivity contribution < 1.29 is 14.3 Å². The molecule has 3 rings (SSSR count). The van der Waals surface area contributed by atoms with E-state index < -0.39 is 0 Å². The van der Waals surface area contributed by atoms with Crippen molar-refractivity contribution in [2.24, 2.45) is 0 Å². The first-order valence-electron chi connectivity index (χ1n) is 9.46. The molecule has 0 aliphatic carbocycles. The fourth-order valence-corrected chi connectivity index (χ4v) is 3.33. The molecular weight excluding hydrogens is 340 g/mol. The van der Waals surface area contributed by atoms with E-state index in [1.807, 2.05) is 55.1 Å². The molecule has 1 heterocycles. The molecule has 1 aliphatic rings. The van der Waals surface area contributed by atoms with E-state index in [0.717, 1.165) is 29.7 Å². The molecule has 0 saturated carbocycles. The third-order valence-electron chi connectivity index (χ3n) is 4.81. The minimum Gasteiger partial charge on any atom is -0.494 e. The van der Waals surface area contributed by atoms with Crippen LogP contribution in [0.4, 0.5) is 0 Å². The van der Waals surface area contributed by atoms with E-state index in [0.29, 0.717) is 25.3 Å². The highest BCUT2D eigenvalue weighted by molar-refractivity contribution is 5.95. The van der Waals surface area contributed by atoms with Crippen molar-refractivity contribution in [3.8, 4) is 5.75 Å². The third-order valence-corrected chi connectivity index (χ3v) is 4.81. The number of nitrogens with one attached hydrogen (secondary N) is 1. The van der Waals surface area contributed by atoms with Crippen molar-refractivity contribution in [3.05, 3.63) is 65.2 Å². The van der Waals surface area contributed by atoms with Crippen LogP contribution >= 0.6 is 0 Å². The Bertz CT molecular complexity index is 793. The first-order chi connectivity index (χ1) is 13.1. The minimum absolute atomic E-state index is 0.0648. The van der Waals surface area contributed by atoms with E-state index in [1.165, 1.54) is 0 Å². The highest BCUT2D eigenvalue weighted by Crippen LogP contribution is 2.16. The number of ether oxygens (including phenoxy) is 1. The van der Waals surface area contributed by atoms with E-state index in [1.54, 1.807) is 12.1 Å². The molecule has 0 bridgehead atoms. The van der Waals surface area contributed by atoms with Gasteiger partial charge in [-0.1, -0.05) is 17.7 Å². The van der Waals surface area contributed by atoms with Crippen LogP contribution in [0.3, 0.4) is 0 Å². The molecule has 5 heteroatoms. The van der Waals surface area contributed by atoms with Gasteiger partial charge in [-0.15, -0.1) is 0 Å². The van der Waals surface area contributed by atoms with E-state index in [2.05, 4.69) is 5.32 Å². The quantitative estimate of drug-likeness (QED) is 0.882. The van der Waals surface area contributed by atoms with Gasteiger partial charge < -0.3 is 15.0 Å². The standard InChI is InChI=1S/C22H26N2O3/c1-3-27-20-9-7-17(8-10-20)21(25)23-19-11-13-24(14-12-19)22(26)18-6-4-5-16(2)15-18/h4-10,15,19H,3,11-14H2,1-2H3,(H,23,25). The topological polar surface area (TPSA) is 58.6 Å². The van der Waals surface area contributed by atoms with Crippen LogP contribution in [0.25, 0.3) is 0 Å². The maximum Gasteiger partial charge on any atom is 0.253 e. The summed E-state index contributed by atoms with van der Waals surface area (Å²) in [6.07, 6.45) is 1.53. The summed E-state index contributed by atoms with van der Waals surface area (Å²) in [6.45, 7) is 5.82. The summed E-state index contributed by atoms with van der Waals surface area (Å²) in [4.78, 5) is 26.9. The zero-order valence-corrected chi connectivity index (χ0v) is 15.9. The Labute approximate surface area is 160 Å². The highest BCUT2D eigenvalue weighted by Gasteiger charge is 2.24. The van der Waals surface area contributed by atoms with Crippen molar-refractivity contribution >= 4 is 11.8 Å². The Hall–Kier alpha value is -2.82. The number of aryl methyl sites for hydroxylation is 1. The van der Waals surface area contributed by atoms with Crippen LogP contribution in [0.2, 0.25) is 0 Å². The van der Waals surface area contributed by atoms with Gasteiger partial charge >= 0.3 is 0 Å². The van der Waals surface area contributed by atoms with Crippen LogP contribution in [0.15, 0.2) is 48.5 Å². The van der Waals surface area contributed by atoms with Gasteiger partial charge in [0.25, 0.3) is 11.8 Å². The monoisotopic (exact) mass is 366 g/mol. The minimum atomic E-state index is -0.0819. The van der Waals surface area contributed by atoms with Gasteiger partial charge in [-0.05, 0) is 63.1 Å². The molecule has 0 atom stereocenters. The number of carbonyl (C=O) groups is 2. The van der Waals surface area contributed by atoms with Crippen LogP contribution < -0.4 is 10.1 Å². The number of benzene rings is 2. The summed E-state index contributed by atoms with van der Waals surface area (Å²) >= 11 is 0. The number of likely N-dealkylation sites (tertiary alicyclic amines) is 1. The molecule has 1 saturated heterocycles. The largest absolute Gasteiger partial charge is 0.494 e. The molecule has 0 radical (unpaired) electrons. The number of amides is 2. The number of hydrogen-bond donors (Lipinski definition) is 1. The Kier molecular flexibility index (Phi) is 6.12. The van der Waals surface area contributed by atoms with Crippen molar-refractivity contribution in [2.45, 2.75) is 32.7 Å². The molecule has 0 unspecified atom stereocenters. The number of piperidine rings is 1. The zero-order valence-electron chi connectivity index (χ0n) is 15.9. The Morgan fingerprint density at radius 3 is 2.41 bits per heavy atom. The summed E-state index contributed by atoms with van der Waals surface area (Å²) in [5, 5.41) is 3.08. The van der Waals surface area contributed by atoms with Gasteiger partial charge in [-0.2, -0.15) is 0 Å². The van der Waals surface area contributed by atoms with Crippen molar-refractivity contribution in [1.82, 2.24) is 10.2 Å². The van der Waals surface area contributed by atoms with Crippen LogP contribution in [0.5, 0.6) is 5.75 Å². The number of rotatable bonds is 5. The lowest BCUT2D eigenvalue weighted by molar-refractivity contribution is 0.0698. The average molecular weight is 366 g/mol. The molecular formula is C22H26N2O3. The van der Waals surface area contributed by atoms with Crippen LogP contribution in [0, 0.1) is 6.92 Å². The second kappa shape index (κ2) is 8.71. The van der Waals surface area contributed by atoms with Crippen LogP contribution in [0.1, 0.15) is 46.0 Å². The average Bonchev–Trinajstić information content (AvgIpc) is 2.69. The van der Waals surface area contributed by atoms with Gasteiger partial charge in [0.15, 0.2) is 0 Å². The predicted octanol–water partition coefficient (Wildman–Crippen LogP) is 3.43. The first-order valence-corrected chi connectivity index (χ1v) is 9.46. The number of nitrogens with zero attached hydrogens (tertiary/aromatic N) is 1. The van der Waals surface area contributed by atoms with Crippen LogP contribution in [-0.2, 0) is 0 Å². The van der Waals surface area contributed by atoms with Gasteiger partial charge in [0, 0.05) is 30.3 Å². The second-order valence-corrected chi connectivity index (χ2v) is 6.87. The maximum absolute atomic E-state index is 12.6. The maximum atomic E-state index is 12.6. The number of carbonyl (C=O) groups excluding carboxylic acids is 2. The molecule has 27 heavy (non-hydrogen) atoms. The SMILES string of the molecule is CCOc1ccc(C(=O)NC2CCN(C(=O)c3cccc(C)c3)CC2)cc1. The second-order valence-electron chi connectivity index (χ2n) is 6.87. The molecule has 0 spiro atoms. The summed E-state index contributed by atoms with van der Waals surface area (Å²) in [5.74, 6) is 0.744. The molecule has 5 nitrogen and oxygen atoms in total. The van der Waals surface area contributed by atoms with E-state index in [4.69, 9.17) is 4.74 Å². The third kappa shape index (κ3) is 4.88. The smallest absolute Gasteiger partial charge is 0.253 e. The van der Waals surface area contributed by atoms with Crippen molar-refractivity contribution in [2.75, 3.05) is 19.7 Å². The van der Waals surface area contributed by atoms with E-state index in [-0.39, 0.29) is 17.9 Å². The fraction of sp³-hybridized carbons (Fsp3) is 0.364. The van der Waals surface area contributed by atoms with Gasteiger partial charge in [-0.25, -0.2) is 0 Å². The van der Waals surface area contributed by atoms with Crippen molar-refractivity contribution in [3.63, 3.8) is 0 Å². The van der Waals surface area contributed by atoms with Crippen LogP contribution in [-0.4, -0.2) is 42.5 Å². The number of hydrogen-bond acceptors (Lipinski definition) is 3. The summed E-state index contributed by atoms with van der Waals surface area (Å²) in [7, 11) is 0. The lowest BCUT2D eigenvalue weighted by Gasteiger charge is -2.32. The lowest BCUT2D eigenvalue weighted by Crippen LogP contribution is -2.46.